The molecule has 0 aliphatic carbocycles. The minimum Gasteiger partial charge on any atom is -0.316 e. The molecular weight excluding hydrogens is 336 g/mol. The number of hydrogen-bond acceptors (Lipinski definition) is 5. The zero-order valence-electron chi connectivity index (χ0n) is 13.6. The molecular formula is C18H18N4O2S. The van der Waals surface area contributed by atoms with Crippen LogP contribution < -0.4 is 5.32 Å². The highest BCUT2D eigenvalue weighted by molar-refractivity contribution is 7.89. The first-order chi connectivity index (χ1) is 12.1. The Bertz CT molecular complexity index is 952. The second-order valence-electron chi connectivity index (χ2n) is 6.48. The second kappa shape index (κ2) is 6.23. The summed E-state index contributed by atoms with van der Waals surface area (Å²) in [6.07, 6.45) is 1.77. The van der Waals surface area contributed by atoms with Crippen LogP contribution in [-0.2, 0) is 16.6 Å². The number of sulfonamides is 1. The molecule has 6 nitrogen and oxygen atoms in total. The zero-order chi connectivity index (χ0) is 17.4. The van der Waals surface area contributed by atoms with Gasteiger partial charge >= 0.3 is 0 Å². The van der Waals surface area contributed by atoms with E-state index in [-0.39, 0.29) is 28.8 Å². The van der Waals surface area contributed by atoms with Gasteiger partial charge in [0.1, 0.15) is 6.07 Å². The highest BCUT2D eigenvalue weighted by Gasteiger charge is 2.39. The number of pyridine rings is 1. The van der Waals surface area contributed by atoms with Crippen molar-refractivity contribution in [1.29, 1.82) is 5.26 Å². The fraction of sp³-hybridized carbons (Fsp3) is 0.333. The summed E-state index contributed by atoms with van der Waals surface area (Å²) in [7, 11) is -3.75. The number of hydrogen-bond donors (Lipinski definition) is 1. The van der Waals surface area contributed by atoms with E-state index in [0.717, 1.165) is 24.3 Å². The first-order valence-corrected chi connectivity index (χ1v) is 9.69. The van der Waals surface area contributed by atoms with Crippen LogP contribution in [0.1, 0.15) is 22.7 Å². The van der Waals surface area contributed by atoms with Crippen molar-refractivity contribution in [2.45, 2.75) is 17.4 Å². The zero-order valence-corrected chi connectivity index (χ0v) is 14.4. The third-order valence-electron chi connectivity index (χ3n) is 5.03. The van der Waals surface area contributed by atoms with Crippen LogP contribution >= 0.6 is 0 Å². The van der Waals surface area contributed by atoms with Crippen molar-refractivity contribution in [3.8, 4) is 6.07 Å². The first kappa shape index (κ1) is 16.2. The lowest BCUT2D eigenvalue weighted by molar-refractivity contribution is 0.349. The van der Waals surface area contributed by atoms with Gasteiger partial charge in [0.15, 0.2) is 0 Å². The van der Waals surface area contributed by atoms with Gasteiger partial charge in [0.05, 0.1) is 10.5 Å². The number of nitrogens with one attached hydrogen (secondary N) is 1. The summed E-state index contributed by atoms with van der Waals surface area (Å²) in [5.41, 5.74) is 2.11. The molecule has 7 heteroatoms. The third kappa shape index (κ3) is 2.72. The molecule has 2 aliphatic rings. The van der Waals surface area contributed by atoms with Crippen LogP contribution in [0.4, 0.5) is 0 Å². The molecule has 1 fully saturated rings. The fourth-order valence-electron chi connectivity index (χ4n) is 3.79. The van der Waals surface area contributed by atoms with Crippen LogP contribution in [0.15, 0.2) is 47.5 Å². The van der Waals surface area contributed by atoms with Crippen LogP contribution in [0.25, 0.3) is 0 Å². The number of fused-ring (bicyclic) bond motifs is 3. The van der Waals surface area contributed by atoms with Crippen molar-refractivity contribution in [1.82, 2.24) is 14.6 Å². The van der Waals surface area contributed by atoms with Crippen molar-refractivity contribution in [2.24, 2.45) is 5.92 Å². The van der Waals surface area contributed by atoms with Crippen LogP contribution in [0.5, 0.6) is 0 Å². The van der Waals surface area contributed by atoms with E-state index in [1.807, 2.05) is 18.2 Å². The molecule has 3 heterocycles. The summed E-state index contributed by atoms with van der Waals surface area (Å²) >= 11 is 0. The maximum atomic E-state index is 13.3. The maximum absolute atomic E-state index is 13.3. The molecule has 2 aromatic rings. The van der Waals surface area contributed by atoms with Gasteiger partial charge in [0.25, 0.3) is 0 Å². The van der Waals surface area contributed by atoms with E-state index in [9.17, 15) is 13.7 Å². The summed E-state index contributed by atoms with van der Waals surface area (Å²) < 4.78 is 28.0. The Morgan fingerprint density at radius 2 is 2.04 bits per heavy atom. The average molecular weight is 354 g/mol. The topological polar surface area (TPSA) is 86.1 Å². The average Bonchev–Trinajstić information content (AvgIpc) is 3.03. The quantitative estimate of drug-likeness (QED) is 0.882. The fourth-order valence-corrected chi connectivity index (χ4v) is 5.40. The molecule has 0 spiro atoms. The Labute approximate surface area is 147 Å². The molecule has 128 valence electrons. The van der Waals surface area contributed by atoms with Gasteiger partial charge in [-0.15, -0.1) is 0 Å². The smallest absolute Gasteiger partial charge is 0.244 e. The molecule has 1 aromatic carbocycles. The van der Waals surface area contributed by atoms with Crippen LogP contribution in [0.3, 0.4) is 0 Å². The highest BCUT2D eigenvalue weighted by atomic mass is 32.2. The largest absolute Gasteiger partial charge is 0.316 e. The molecule has 1 saturated heterocycles. The van der Waals surface area contributed by atoms with E-state index < -0.39 is 10.0 Å². The second-order valence-corrected chi connectivity index (χ2v) is 8.38. The highest BCUT2D eigenvalue weighted by Crippen LogP contribution is 2.35. The Balaban J connectivity index is 1.80. The molecule has 0 amide bonds. The summed E-state index contributed by atoms with van der Waals surface area (Å²) in [6.45, 7) is 2.30. The Morgan fingerprint density at radius 1 is 1.20 bits per heavy atom. The maximum Gasteiger partial charge on any atom is 0.244 e. The van der Waals surface area contributed by atoms with Crippen molar-refractivity contribution in [3.63, 3.8) is 0 Å². The van der Waals surface area contributed by atoms with E-state index in [0.29, 0.717) is 6.54 Å². The number of benzene rings is 1. The van der Waals surface area contributed by atoms with Crippen LogP contribution in [0.2, 0.25) is 0 Å². The van der Waals surface area contributed by atoms with Gasteiger partial charge in [-0.1, -0.05) is 18.2 Å². The van der Waals surface area contributed by atoms with E-state index in [1.165, 1.54) is 10.4 Å². The lowest BCUT2D eigenvalue weighted by Crippen LogP contribution is -2.35. The summed E-state index contributed by atoms with van der Waals surface area (Å²) in [5.74, 6) is 0.405. The molecule has 25 heavy (non-hydrogen) atoms. The van der Waals surface area contributed by atoms with Gasteiger partial charge < -0.3 is 5.32 Å². The lowest BCUT2D eigenvalue weighted by atomic mass is 9.91. The molecule has 0 bridgehead atoms. The first-order valence-electron chi connectivity index (χ1n) is 8.25. The van der Waals surface area contributed by atoms with Crippen LogP contribution in [0, 0.1) is 17.2 Å². The Hall–Kier alpha value is -2.27. The third-order valence-corrected chi connectivity index (χ3v) is 6.90. The summed E-state index contributed by atoms with van der Waals surface area (Å²) in [5, 5.41) is 12.6. The predicted molar refractivity (Wildman–Crippen MR) is 92.1 cm³/mol. The van der Waals surface area contributed by atoms with Gasteiger partial charge in [-0.2, -0.15) is 9.57 Å². The number of nitriles is 1. The molecule has 0 saturated carbocycles. The minimum absolute atomic E-state index is 0.0762. The lowest BCUT2D eigenvalue weighted by Gasteiger charge is -2.24. The van der Waals surface area contributed by atoms with Gasteiger partial charge in [0.2, 0.25) is 10.0 Å². The standard InChI is InChI=1S/C18H18N4O2S/c19-8-13-4-1-2-6-17(13)25(23,24)22-11-14-5-3-7-21-18(14)16-10-20-9-15(16)12-22/h1-7,15-16,20H,9-12H2. The molecule has 1 N–H and O–H groups in total. The van der Waals surface area contributed by atoms with Gasteiger partial charge in [-0.25, -0.2) is 8.42 Å². The van der Waals surface area contributed by atoms with E-state index in [2.05, 4.69) is 10.3 Å². The van der Waals surface area contributed by atoms with Crippen molar-refractivity contribution >= 4 is 10.0 Å². The number of aromatic nitrogens is 1. The monoisotopic (exact) mass is 354 g/mol. The van der Waals surface area contributed by atoms with Gasteiger partial charge in [-0.05, 0) is 36.2 Å². The van der Waals surface area contributed by atoms with Crippen molar-refractivity contribution in [3.05, 3.63) is 59.4 Å². The molecule has 2 atom stereocenters. The molecule has 1 aromatic heterocycles. The SMILES string of the molecule is N#Cc1ccccc1S(=O)(=O)N1Cc2cccnc2C2CNCC2C1. The van der Waals surface area contributed by atoms with E-state index in [4.69, 9.17) is 0 Å². The summed E-state index contributed by atoms with van der Waals surface area (Å²) in [6, 6.07) is 12.2. The molecule has 0 radical (unpaired) electrons. The van der Waals surface area contributed by atoms with Gasteiger partial charge in [-0.3, -0.25) is 4.98 Å². The Morgan fingerprint density at radius 3 is 2.88 bits per heavy atom. The van der Waals surface area contributed by atoms with E-state index in [1.54, 1.807) is 24.4 Å². The van der Waals surface area contributed by atoms with E-state index >= 15 is 0 Å². The van der Waals surface area contributed by atoms with Crippen LogP contribution in [-0.4, -0.2) is 37.3 Å². The normalized spacial score (nSPS) is 23.3. The Kier molecular flexibility index (Phi) is 4.04. The predicted octanol–water partition coefficient (Wildman–Crippen LogP) is 1.46. The molecule has 2 unspecified atom stereocenters. The van der Waals surface area contributed by atoms with Crippen molar-refractivity contribution in [2.75, 3.05) is 19.6 Å². The number of nitrogens with zero attached hydrogens (tertiary/aromatic N) is 3. The summed E-state index contributed by atoms with van der Waals surface area (Å²) in [4.78, 5) is 4.61. The molecule has 4 rings (SSSR count). The number of rotatable bonds is 2. The van der Waals surface area contributed by atoms with Crippen molar-refractivity contribution < 1.29 is 8.42 Å². The van der Waals surface area contributed by atoms with Gasteiger partial charge in [0, 0.05) is 37.4 Å². The molecule has 2 aliphatic heterocycles. The minimum atomic E-state index is -3.75.